The largest absolute Gasteiger partial charge is 0.493 e. The molecule has 2 aromatic carbocycles. The lowest BCUT2D eigenvalue weighted by Gasteiger charge is -2.12. The molecule has 0 saturated heterocycles. The minimum atomic E-state index is -0.538. The maximum atomic E-state index is 12.5. The van der Waals surface area contributed by atoms with E-state index in [9.17, 15) is 10.1 Å². The van der Waals surface area contributed by atoms with Gasteiger partial charge in [0.05, 0.1) is 11.6 Å². The van der Waals surface area contributed by atoms with Crippen molar-refractivity contribution < 1.29 is 14.3 Å². The third kappa shape index (κ3) is 5.38. The van der Waals surface area contributed by atoms with E-state index in [4.69, 9.17) is 21.1 Å². The van der Waals surface area contributed by atoms with E-state index in [-0.39, 0.29) is 5.57 Å². The minimum absolute atomic E-state index is 0.0644. The first-order valence-electron chi connectivity index (χ1n) is 8.20. The van der Waals surface area contributed by atoms with Gasteiger partial charge in [0.2, 0.25) is 0 Å². The molecule has 0 heterocycles. The van der Waals surface area contributed by atoms with Crippen LogP contribution in [0.5, 0.6) is 11.5 Å². The highest BCUT2D eigenvalue weighted by atomic mass is 79.9. The summed E-state index contributed by atoms with van der Waals surface area (Å²) < 4.78 is 11.5. The molecular weight excluding hydrogens is 444 g/mol. The lowest BCUT2D eigenvalue weighted by molar-refractivity contribution is -0.112. The first-order chi connectivity index (χ1) is 13.4. The molecule has 0 atom stereocenters. The number of benzene rings is 2. The first kappa shape index (κ1) is 21.5. The van der Waals surface area contributed by atoms with Crippen molar-refractivity contribution >= 4 is 45.2 Å². The van der Waals surface area contributed by atoms with Gasteiger partial charge in [0.15, 0.2) is 11.5 Å². The molecule has 5 nitrogen and oxygen atoms in total. The van der Waals surface area contributed by atoms with Crippen LogP contribution >= 0.6 is 27.5 Å². The Kier molecular flexibility index (Phi) is 7.68. The number of anilines is 1. The topological polar surface area (TPSA) is 71.3 Å². The molecule has 0 aliphatic heterocycles. The van der Waals surface area contributed by atoms with Crippen LogP contribution < -0.4 is 14.8 Å². The summed E-state index contributed by atoms with van der Waals surface area (Å²) in [6, 6.07) is 10.5. The van der Waals surface area contributed by atoms with Crippen molar-refractivity contribution in [2.75, 3.05) is 19.0 Å². The summed E-state index contributed by atoms with van der Waals surface area (Å²) in [7, 11) is 1.51. The number of ether oxygens (including phenoxy) is 2. The zero-order chi connectivity index (χ0) is 20.7. The molecule has 0 aromatic heterocycles. The van der Waals surface area contributed by atoms with Crippen molar-refractivity contribution in [2.45, 2.75) is 6.92 Å². The predicted molar refractivity (Wildman–Crippen MR) is 115 cm³/mol. The fourth-order valence-corrected chi connectivity index (χ4v) is 3.04. The van der Waals surface area contributed by atoms with Gasteiger partial charge in [-0.15, -0.1) is 0 Å². The quantitative estimate of drug-likeness (QED) is 0.334. The monoisotopic (exact) mass is 460 g/mol. The van der Waals surface area contributed by atoms with Gasteiger partial charge >= 0.3 is 0 Å². The number of carbonyl (C=O) groups excluding carboxylic acids is 1. The molecule has 0 radical (unpaired) electrons. The maximum absolute atomic E-state index is 12.5. The van der Waals surface area contributed by atoms with E-state index >= 15 is 0 Å². The van der Waals surface area contributed by atoms with Crippen LogP contribution in [0.15, 0.2) is 53.0 Å². The normalized spacial score (nSPS) is 10.8. The molecule has 0 fully saturated rings. The van der Waals surface area contributed by atoms with Crippen LogP contribution in [-0.4, -0.2) is 19.6 Å². The van der Waals surface area contributed by atoms with E-state index in [2.05, 4.69) is 27.8 Å². The highest BCUT2D eigenvalue weighted by Crippen LogP contribution is 2.37. The second-order valence-corrected chi connectivity index (χ2v) is 6.98. The molecule has 0 bridgehead atoms. The van der Waals surface area contributed by atoms with Crippen molar-refractivity contribution in [1.82, 2.24) is 0 Å². The third-order valence-corrected chi connectivity index (χ3v) is 4.70. The molecular formula is C21H18BrClN2O3. The number of hydrogen-bond donors (Lipinski definition) is 1. The molecule has 1 amide bonds. The Hall–Kier alpha value is -2.75. The number of nitrogens with zero attached hydrogens (tertiary/aromatic N) is 1. The van der Waals surface area contributed by atoms with Crippen molar-refractivity contribution in [1.29, 1.82) is 5.26 Å². The smallest absolute Gasteiger partial charge is 0.266 e. The molecule has 2 rings (SSSR count). The van der Waals surface area contributed by atoms with E-state index < -0.39 is 5.91 Å². The summed E-state index contributed by atoms with van der Waals surface area (Å²) in [4.78, 5) is 12.5. The SMILES string of the molecule is C=CCOc1c(Br)cc(/C=C(/C#N)C(=O)Nc2ccc(C)c(Cl)c2)cc1OC. The summed E-state index contributed by atoms with van der Waals surface area (Å²) in [6.45, 7) is 5.79. The van der Waals surface area contributed by atoms with Gasteiger partial charge in [-0.1, -0.05) is 30.3 Å². The number of hydrogen-bond acceptors (Lipinski definition) is 4. The van der Waals surface area contributed by atoms with Gasteiger partial charge in [-0.05, 0) is 64.3 Å². The van der Waals surface area contributed by atoms with Crippen LogP contribution in [0.3, 0.4) is 0 Å². The molecule has 0 aliphatic rings. The van der Waals surface area contributed by atoms with Crippen LogP contribution in [0.25, 0.3) is 6.08 Å². The van der Waals surface area contributed by atoms with Crippen LogP contribution in [0, 0.1) is 18.3 Å². The molecule has 28 heavy (non-hydrogen) atoms. The van der Waals surface area contributed by atoms with Crippen LogP contribution in [-0.2, 0) is 4.79 Å². The van der Waals surface area contributed by atoms with Gasteiger partial charge in [-0.3, -0.25) is 4.79 Å². The highest BCUT2D eigenvalue weighted by Gasteiger charge is 2.14. The zero-order valence-electron chi connectivity index (χ0n) is 15.4. The standard InChI is InChI=1S/C21H18BrClN2O3/c1-4-7-28-20-17(22)9-14(10-19(20)27-3)8-15(12-24)21(26)25-16-6-5-13(2)18(23)11-16/h4-6,8-11H,1,7H2,2-3H3,(H,25,26)/b15-8-. The first-order valence-corrected chi connectivity index (χ1v) is 9.37. The molecule has 7 heteroatoms. The fourth-order valence-electron chi connectivity index (χ4n) is 2.29. The van der Waals surface area contributed by atoms with Gasteiger partial charge in [0.1, 0.15) is 18.2 Å². The van der Waals surface area contributed by atoms with Gasteiger partial charge in [0, 0.05) is 10.7 Å². The minimum Gasteiger partial charge on any atom is -0.493 e. The van der Waals surface area contributed by atoms with Gasteiger partial charge in [-0.25, -0.2) is 0 Å². The molecule has 0 spiro atoms. The number of nitriles is 1. The molecule has 2 aromatic rings. The Balaban J connectivity index is 2.31. The van der Waals surface area contributed by atoms with Gasteiger partial charge < -0.3 is 14.8 Å². The number of halogens is 2. The Morgan fingerprint density at radius 3 is 2.75 bits per heavy atom. The number of nitrogens with one attached hydrogen (secondary N) is 1. The molecule has 0 unspecified atom stereocenters. The zero-order valence-corrected chi connectivity index (χ0v) is 17.7. The van der Waals surface area contributed by atoms with Crippen molar-refractivity contribution in [3.05, 3.63) is 69.2 Å². The number of aryl methyl sites for hydroxylation is 1. The predicted octanol–water partition coefficient (Wildman–Crippen LogP) is 5.53. The summed E-state index contributed by atoms with van der Waals surface area (Å²) >= 11 is 9.49. The Labute approximate surface area is 177 Å². The van der Waals surface area contributed by atoms with Crippen molar-refractivity contribution in [2.24, 2.45) is 0 Å². The number of methoxy groups -OCH3 is 1. The number of carbonyl (C=O) groups is 1. The lowest BCUT2D eigenvalue weighted by Crippen LogP contribution is -2.13. The highest BCUT2D eigenvalue weighted by molar-refractivity contribution is 9.10. The molecule has 144 valence electrons. The molecule has 0 aliphatic carbocycles. The fraction of sp³-hybridized carbons (Fsp3) is 0.143. The second kappa shape index (κ2) is 9.98. The van der Waals surface area contributed by atoms with E-state index in [0.29, 0.717) is 38.9 Å². The average molecular weight is 462 g/mol. The van der Waals surface area contributed by atoms with Gasteiger partial charge in [-0.2, -0.15) is 5.26 Å². The number of rotatable bonds is 7. The molecule has 1 N–H and O–H groups in total. The van der Waals surface area contributed by atoms with E-state index in [1.54, 1.807) is 36.4 Å². The van der Waals surface area contributed by atoms with Crippen molar-refractivity contribution in [3.63, 3.8) is 0 Å². The van der Waals surface area contributed by atoms with E-state index in [0.717, 1.165) is 5.56 Å². The number of amides is 1. The Morgan fingerprint density at radius 1 is 1.39 bits per heavy atom. The summed E-state index contributed by atoms with van der Waals surface area (Å²) in [6.07, 6.45) is 3.09. The van der Waals surface area contributed by atoms with Gasteiger partial charge in [0.25, 0.3) is 5.91 Å². The second-order valence-electron chi connectivity index (χ2n) is 5.72. The van der Waals surface area contributed by atoms with Crippen LogP contribution in [0.4, 0.5) is 5.69 Å². The Morgan fingerprint density at radius 2 is 2.14 bits per heavy atom. The lowest BCUT2D eigenvalue weighted by atomic mass is 10.1. The van der Waals surface area contributed by atoms with Crippen LogP contribution in [0.1, 0.15) is 11.1 Å². The van der Waals surface area contributed by atoms with E-state index in [1.165, 1.54) is 13.2 Å². The van der Waals surface area contributed by atoms with E-state index in [1.807, 2.05) is 13.0 Å². The van der Waals surface area contributed by atoms with Crippen LogP contribution in [0.2, 0.25) is 5.02 Å². The van der Waals surface area contributed by atoms with Crippen molar-refractivity contribution in [3.8, 4) is 17.6 Å². The average Bonchev–Trinajstić information content (AvgIpc) is 2.67. The summed E-state index contributed by atoms with van der Waals surface area (Å²) in [5.74, 6) is 0.437. The summed E-state index contributed by atoms with van der Waals surface area (Å²) in [5, 5.41) is 12.6. The Bertz CT molecular complexity index is 980. The third-order valence-electron chi connectivity index (χ3n) is 3.70. The molecule has 0 saturated carbocycles. The maximum Gasteiger partial charge on any atom is 0.266 e. The summed E-state index contributed by atoms with van der Waals surface area (Å²) in [5.41, 5.74) is 1.94.